The maximum Gasteiger partial charge on any atom is 0.328 e. The SMILES string of the molecule is O=P1(O)CCCO1. The van der Waals surface area contributed by atoms with Crippen LogP contribution in [-0.4, -0.2) is 17.7 Å². The van der Waals surface area contributed by atoms with Crippen molar-refractivity contribution in [1.82, 2.24) is 0 Å². The molecule has 42 valence electrons. The maximum atomic E-state index is 10.3. The molecule has 0 aromatic rings. The molecule has 1 N–H and O–H groups in total. The van der Waals surface area contributed by atoms with Crippen LogP contribution in [0, 0.1) is 0 Å². The predicted octanol–water partition coefficient (Wildman–Crippen LogP) is 0.592. The number of rotatable bonds is 0. The van der Waals surface area contributed by atoms with Gasteiger partial charge in [-0.25, -0.2) is 0 Å². The lowest BCUT2D eigenvalue weighted by Crippen LogP contribution is -1.75. The Bertz CT molecular complexity index is 101. The van der Waals surface area contributed by atoms with Gasteiger partial charge in [-0.3, -0.25) is 4.57 Å². The summed E-state index contributed by atoms with van der Waals surface area (Å²) in [6.07, 6.45) is 1.07. The molecule has 0 amide bonds. The lowest BCUT2D eigenvalue weighted by Gasteiger charge is -1.95. The molecule has 0 aliphatic carbocycles. The zero-order valence-electron chi connectivity index (χ0n) is 3.83. The van der Waals surface area contributed by atoms with Gasteiger partial charge in [0.15, 0.2) is 0 Å². The van der Waals surface area contributed by atoms with E-state index in [0.717, 1.165) is 6.42 Å². The van der Waals surface area contributed by atoms with Gasteiger partial charge in [0.1, 0.15) is 0 Å². The summed E-state index contributed by atoms with van der Waals surface area (Å²) in [7, 11) is -3.04. The summed E-state index contributed by atoms with van der Waals surface area (Å²) in [6, 6.07) is 0. The van der Waals surface area contributed by atoms with Crippen molar-refractivity contribution in [2.75, 3.05) is 12.8 Å². The Labute approximate surface area is 41.8 Å². The van der Waals surface area contributed by atoms with Crippen LogP contribution in [0.4, 0.5) is 0 Å². The highest BCUT2D eigenvalue weighted by Crippen LogP contribution is 2.46. The second-order valence-corrected chi connectivity index (χ2v) is 3.53. The molecule has 1 aliphatic rings. The molecule has 0 saturated carbocycles. The van der Waals surface area contributed by atoms with Crippen LogP contribution in [0.5, 0.6) is 0 Å². The fourth-order valence-corrected chi connectivity index (χ4v) is 1.61. The minimum absolute atomic E-state index is 0.340. The molecular weight excluding hydrogens is 115 g/mol. The van der Waals surface area contributed by atoms with E-state index < -0.39 is 7.60 Å². The van der Waals surface area contributed by atoms with E-state index in [1.54, 1.807) is 0 Å². The van der Waals surface area contributed by atoms with E-state index in [9.17, 15) is 4.57 Å². The quantitative estimate of drug-likeness (QED) is 0.478. The normalized spacial score (nSPS) is 41.9. The van der Waals surface area contributed by atoms with Gasteiger partial charge in [0.25, 0.3) is 0 Å². The Balaban J connectivity index is 2.57. The van der Waals surface area contributed by atoms with Crippen molar-refractivity contribution in [3.05, 3.63) is 0 Å². The van der Waals surface area contributed by atoms with Crippen molar-refractivity contribution in [3.8, 4) is 0 Å². The first-order chi connectivity index (χ1) is 3.21. The standard InChI is InChI=1S/C3H7O3P/c4-7(5)3-1-2-6-7/h1-3H2,(H,4,5). The molecule has 3 nitrogen and oxygen atoms in total. The van der Waals surface area contributed by atoms with Crippen LogP contribution in [0.3, 0.4) is 0 Å². The Hall–Kier alpha value is 0.150. The van der Waals surface area contributed by atoms with E-state index >= 15 is 0 Å². The van der Waals surface area contributed by atoms with E-state index in [-0.39, 0.29) is 0 Å². The molecular formula is C3H7O3P. The topological polar surface area (TPSA) is 46.5 Å². The van der Waals surface area contributed by atoms with Gasteiger partial charge in [-0.05, 0) is 6.42 Å². The van der Waals surface area contributed by atoms with Crippen LogP contribution < -0.4 is 0 Å². The lowest BCUT2D eigenvalue weighted by molar-refractivity contribution is 0.296. The molecule has 1 heterocycles. The highest BCUT2D eigenvalue weighted by Gasteiger charge is 2.24. The second kappa shape index (κ2) is 1.58. The van der Waals surface area contributed by atoms with Gasteiger partial charge < -0.3 is 9.42 Å². The molecule has 1 unspecified atom stereocenters. The fraction of sp³-hybridized carbons (Fsp3) is 1.00. The largest absolute Gasteiger partial charge is 0.328 e. The van der Waals surface area contributed by atoms with Crippen LogP contribution in [0.1, 0.15) is 6.42 Å². The van der Waals surface area contributed by atoms with Crippen LogP contribution in [0.15, 0.2) is 0 Å². The molecule has 1 aliphatic heterocycles. The number of hydrogen-bond donors (Lipinski definition) is 1. The van der Waals surface area contributed by atoms with Crippen molar-refractivity contribution in [1.29, 1.82) is 0 Å². The molecule has 0 radical (unpaired) electrons. The molecule has 1 rings (SSSR count). The Morgan fingerprint density at radius 1 is 1.71 bits per heavy atom. The zero-order chi connectivity index (χ0) is 5.33. The Morgan fingerprint density at radius 2 is 2.43 bits per heavy atom. The Kier molecular flexibility index (Phi) is 1.20. The fourth-order valence-electron chi connectivity index (χ4n) is 0.536. The average Bonchev–Trinajstić information content (AvgIpc) is 1.84. The summed E-state index contributed by atoms with van der Waals surface area (Å²) in [5, 5.41) is 0. The third-order valence-electron chi connectivity index (χ3n) is 0.878. The smallest absolute Gasteiger partial charge is 0.324 e. The van der Waals surface area contributed by atoms with Gasteiger partial charge in [-0.1, -0.05) is 0 Å². The van der Waals surface area contributed by atoms with Gasteiger partial charge in [0.05, 0.1) is 12.8 Å². The second-order valence-electron chi connectivity index (χ2n) is 1.55. The summed E-state index contributed by atoms with van der Waals surface area (Å²) < 4.78 is 14.8. The van der Waals surface area contributed by atoms with Crippen molar-refractivity contribution in [2.45, 2.75) is 6.42 Å². The molecule has 0 spiro atoms. The highest BCUT2D eigenvalue weighted by atomic mass is 31.2. The summed E-state index contributed by atoms with van der Waals surface area (Å²) in [5.41, 5.74) is 0. The minimum atomic E-state index is -3.04. The highest BCUT2D eigenvalue weighted by molar-refractivity contribution is 7.53. The third-order valence-corrected chi connectivity index (χ3v) is 2.35. The van der Waals surface area contributed by atoms with E-state index in [2.05, 4.69) is 4.52 Å². The summed E-state index contributed by atoms with van der Waals surface area (Å²) in [4.78, 5) is 8.53. The first kappa shape index (κ1) is 5.29. The van der Waals surface area contributed by atoms with Gasteiger partial charge >= 0.3 is 7.60 Å². The molecule has 1 fully saturated rings. The van der Waals surface area contributed by atoms with Gasteiger partial charge in [-0.2, -0.15) is 0 Å². The molecule has 1 atom stereocenters. The van der Waals surface area contributed by atoms with E-state index in [4.69, 9.17) is 4.89 Å². The van der Waals surface area contributed by atoms with Crippen LogP contribution in [0.25, 0.3) is 0 Å². The average molecular weight is 122 g/mol. The lowest BCUT2D eigenvalue weighted by atomic mass is 10.5. The summed E-state index contributed by atoms with van der Waals surface area (Å²) in [6.45, 7) is 0.452. The monoisotopic (exact) mass is 122 g/mol. The van der Waals surface area contributed by atoms with Crippen LogP contribution in [0.2, 0.25) is 0 Å². The Morgan fingerprint density at radius 3 is 2.57 bits per heavy atom. The summed E-state index contributed by atoms with van der Waals surface area (Å²) in [5.74, 6) is 0. The molecule has 0 bridgehead atoms. The van der Waals surface area contributed by atoms with Crippen LogP contribution >= 0.6 is 7.60 Å². The van der Waals surface area contributed by atoms with Crippen molar-refractivity contribution >= 4 is 7.60 Å². The van der Waals surface area contributed by atoms with Crippen molar-refractivity contribution < 1.29 is 14.0 Å². The third kappa shape index (κ3) is 1.27. The molecule has 0 aromatic heterocycles. The molecule has 0 aromatic carbocycles. The van der Waals surface area contributed by atoms with Gasteiger partial charge in [0.2, 0.25) is 0 Å². The van der Waals surface area contributed by atoms with E-state index in [1.165, 1.54) is 0 Å². The molecule has 1 saturated heterocycles. The summed E-state index contributed by atoms with van der Waals surface area (Å²) >= 11 is 0. The number of hydrogen-bond acceptors (Lipinski definition) is 2. The van der Waals surface area contributed by atoms with Gasteiger partial charge in [0, 0.05) is 0 Å². The van der Waals surface area contributed by atoms with E-state index in [0.29, 0.717) is 12.8 Å². The van der Waals surface area contributed by atoms with Gasteiger partial charge in [-0.15, -0.1) is 0 Å². The van der Waals surface area contributed by atoms with Crippen LogP contribution in [-0.2, 0) is 9.09 Å². The molecule has 4 heteroatoms. The maximum absolute atomic E-state index is 10.3. The van der Waals surface area contributed by atoms with Crippen molar-refractivity contribution in [3.63, 3.8) is 0 Å². The minimum Gasteiger partial charge on any atom is -0.324 e. The van der Waals surface area contributed by atoms with E-state index in [1.807, 2.05) is 0 Å². The van der Waals surface area contributed by atoms with Crippen molar-refractivity contribution in [2.24, 2.45) is 0 Å². The first-order valence-corrected chi connectivity index (χ1v) is 3.93. The zero-order valence-corrected chi connectivity index (χ0v) is 4.73. The molecule has 7 heavy (non-hydrogen) atoms. The predicted molar refractivity (Wildman–Crippen MR) is 25.3 cm³/mol. The first-order valence-electron chi connectivity index (χ1n) is 2.17.